The Labute approximate surface area is 117 Å². The van der Waals surface area contributed by atoms with Crippen LogP contribution >= 0.6 is 12.2 Å². The second kappa shape index (κ2) is 5.82. The molecule has 0 radical (unpaired) electrons. The van der Waals surface area contributed by atoms with Crippen LogP contribution < -0.4 is 10.6 Å². The zero-order chi connectivity index (χ0) is 14.0. The van der Waals surface area contributed by atoms with Crippen molar-refractivity contribution in [2.24, 2.45) is 11.7 Å². The second-order valence-electron chi connectivity index (χ2n) is 5.18. The Balaban J connectivity index is 2.31. The van der Waals surface area contributed by atoms with Gasteiger partial charge in [-0.15, -0.1) is 0 Å². The lowest BCUT2D eigenvalue weighted by Gasteiger charge is -2.24. The summed E-state index contributed by atoms with van der Waals surface area (Å²) >= 11 is 4.75. The Morgan fingerprint density at radius 3 is 2.47 bits per heavy atom. The lowest BCUT2D eigenvalue weighted by atomic mass is 10.0. The van der Waals surface area contributed by atoms with Gasteiger partial charge in [0.25, 0.3) is 0 Å². The average Bonchev–Trinajstić information content (AvgIpc) is 2.53. The monoisotopic (exact) mass is 284 g/mol. The molecule has 2 rings (SSSR count). The molecule has 1 heterocycles. The lowest BCUT2D eigenvalue weighted by molar-refractivity contribution is 0.520. The summed E-state index contributed by atoms with van der Waals surface area (Å²) in [7, 11) is 0. The number of thiocarbonyl (C=S) groups is 1. The standard InChI is InChI=1S/C14H18F2N2S/c1-9-3-2-5-18(6-4-9)13-11(15)7-10(14(17)19)8-12(13)16/h7-9H,2-6H2,1H3,(H2,17,19). The van der Waals surface area contributed by atoms with Crippen LogP contribution in [0.25, 0.3) is 0 Å². The summed E-state index contributed by atoms with van der Waals surface area (Å²) in [6.07, 6.45) is 3.01. The van der Waals surface area contributed by atoms with Gasteiger partial charge in [0.2, 0.25) is 0 Å². The highest BCUT2D eigenvalue weighted by molar-refractivity contribution is 7.80. The fourth-order valence-electron chi connectivity index (χ4n) is 2.50. The van der Waals surface area contributed by atoms with Gasteiger partial charge in [0.15, 0.2) is 0 Å². The Hall–Kier alpha value is -1.23. The summed E-state index contributed by atoms with van der Waals surface area (Å²) in [5, 5.41) is 0. The molecule has 1 atom stereocenters. The van der Waals surface area contributed by atoms with Gasteiger partial charge in [-0.3, -0.25) is 0 Å². The van der Waals surface area contributed by atoms with E-state index in [9.17, 15) is 8.78 Å². The summed E-state index contributed by atoms with van der Waals surface area (Å²) in [4.78, 5) is 1.80. The minimum atomic E-state index is -0.586. The molecule has 19 heavy (non-hydrogen) atoms. The van der Waals surface area contributed by atoms with Crippen LogP contribution in [-0.2, 0) is 0 Å². The molecular formula is C14H18F2N2S. The van der Waals surface area contributed by atoms with Crippen LogP contribution in [0, 0.1) is 17.6 Å². The van der Waals surface area contributed by atoms with Gasteiger partial charge < -0.3 is 10.6 Å². The first-order valence-electron chi connectivity index (χ1n) is 6.53. The van der Waals surface area contributed by atoms with Crippen LogP contribution in [0.1, 0.15) is 31.7 Å². The molecule has 5 heteroatoms. The topological polar surface area (TPSA) is 29.3 Å². The van der Waals surface area contributed by atoms with Gasteiger partial charge in [0.05, 0.1) is 0 Å². The van der Waals surface area contributed by atoms with Gasteiger partial charge in [0, 0.05) is 18.7 Å². The third-order valence-electron chi connectivity index (χ3n) is 3.63. The molecule has 104 valence electrons. The molecule has 1 saturated heterocycles. The molecule has 1 aliphatic heterocycles. The van der Waals surface area contributed by atoms with E-state index in [0.29, 0.717) is 19.0 Å². The minimum Gasteiger partial charge on any atom is -0.389 e. The molecule has 1 aromatic carbocycles. The molecule has 2 nitrogen and oxygen atoms in total. The van der Waals surface area contributed by atoms with E-state index in [0.717, 1.165) is 19.3 Å². The van der Waals surface area contributed by atoms with E-state index in [-0.39, 0.29) is 16.2 Å². The highest BCUT2D eigenvalue weighted by Gasteiger charge is 2.21. The Kier molecular flexibility index (Phi) is 4.34. The van der Waals surface area contributed by atoms with Crippen molar-refractivity contribution in [3.8, 4) is 0 Å². The van der Waals surface area contributed by atoms with Gasteiger partial charge in [0.1, 0.15) is 22.3 Å². The van der Waals surface area contributed by atoms with E-state index in [4.69, 9.17) is 18.0 Å². The maximum atomic E-state index is 14.1. The van der Waals surface area contributed by atoms with Crippen molar-refractivity contribution in [2.75, 3.05) is 18.0 Å². The van der Waals surface area contributed by atoms with Crippen molar-refractivity contribution in [3.63, 3.8) is 0 Å². The van der Waals surface area contributed by atoms with Crippen LogP contribution in [0.3, 0.4) is 0 Å². The Morgan fingerprint density at radius 1 is 1.26 bits per heavy atom. The number of nitrogens with zero attached hydrogens (tertiary/aromatic N) is 1. The zero-order valence-electron chi connectivity index (χ0n) is 11.0. The highest BCUT2D eigenvalue weighted by atomic mass is 32.1. The summed E-state index contributed by atoms with van der Waals surface area (Å²) in [6, 6.07) is 2.43. The molecule has 0 aliphatic carbocycles. The van der Waals surface area contributed by atoms with E-state index in [1.807, 2.05) is 0 Å². The van der Waals surface area contributed by atoms with Crippen LogP contribution in [-0.4, -0.2) is 18.1 Å². The quantitative estimate of drug-likeness (QED) is 0.846. The fourth-order valence-corrected chi connectivity index (χ4v) is 2.61. The van der Waals surface area contributed by atoms with Crippen LogP contribution in [0.2, 0.25) is 0 Å². The van der Waals surface area contributed by atoms with Crippen molar-refractivity contribution < 1.29 is 8.78 Å². The van der Waals surface area contributed by atoms with E-state index in [1.165, 1.54) is 12.1 Å². The van der Waals surface area contributed by atoms with Crippen LogP contribution in [0.5, 0.6) is 0 Å². The predicted molar refractivity (Wildman–Crippen MR) is 77.5 cm³/mol. The molecular weight excluding hydrogens is 266 g/mol. The molecule has 0 amide bonds. The predicted octanol–water partition coefficient (Wildman–Crippen LogP) is 3.23. The molecule has 1 unspecified atom stereocenters. The summed E-state index contributed by atoms with van der Waals surface area (Å²) in [5.41, 5.74) is 5.69. The molecule has 2 N–H and O–H groups in total. The summed E-state index contributed by atoms with van der Waals surface area (Å²) in [6.45, 7) is 3.54. The van der Waals surface area contributed by atoms with Crippen molar-refractivity contribution in [3.05, 3.63) is 29.3 Å². The number of halogens is 2. The average molecular weight is 284 g/mol. The third kappa shape index (κ3) is 3.21. The van der Waals surface area contributed by atoms with E-state index in [1.54, 1.807) is 4.90 Å². The summed E-state index contributed by atoms with van der Waals surface area (Å²) in [5.74, 6) is -0.568. The normalized spacial score (nSPS) is 20.2. The number of benzene rings is 1. The van der Waals surface area contributed by atoms with Gasteiger partial charge in [-0.05, 0) is 37.3 Å². The lowest BCUT2D eigenvalue weighted by Crippen LogP contribution is -2.26. The number of hydrogen-bond donors (Lipinski definition) is 1. The molecule has 0 saturated carbocycles. The van der Waals surface area contributed by atoms with Crippen molar-refractivity contribution in [1.82, 2.24) is 0 Å². The van der Waals surface area contributed by atoms with E-state index < -0.39 is 11.6 Å². The molecule has 1 fully saturated rings. The van der Waals surface area contributed by atoms with Gasteiger partial charge in [-0.2, -0.15) is 0 Å². The molecule has 0 bridgehead atoms. The largest absolute Gasteiger partial charge is 0.389 e. The maximum Gasteiger partial charge on any atom is 0.150 e. The first-order valence-corrected chi connectivity index (χ1v) is 6.93. The second-order valence-corrected chi connectivity index (χ2v) is 5.62. The Morgan fingerprint density at radius 2 is 1.89 bits per heavy atom. The SMILES string of the molecule is CC1CCCN(c2c(F)cc(C(N)=S)cc2F)CC1. The molecule has 0 spiro atoms. The number of nitrogens with two attached hydrogens (primary N) is 1. The Bertz CT molecular complexity index is 467. The molecule has 1 aliphatic rings. The van der Waals surface area contributed by atoms with E-state index in [2.05, 4.69) is 6.92 Å². The van der Waals surface area contributed by atoms with Gasteiger partial charge in [-0.25, -0.2) is 8.78 Å². The first-order chi connectivity index (χ1) is 8.99. The third-order valence-corrected chi connectivity index (χ3v) is 3.87. The van der Waals surface area contributed by atoms with Crippen LogP contribution in [0.15, 0.2) is 12.1 Å². The first kappa shape index (κ1) is 14.2. The maximum absolute atomic E-state index is 14.1. The smallest absolute Gasteiger partial charge is 0.150 e. The molecule has 1 aromatic rings. The minimum absolute atomic E-state index is 0.00818. The fraction of sp³-hybridized carbons (Fsp3) is 0.500. The molecule has 0 aromatic heterocycles. The van der Waals surface area contributed by atoms with Crippen molar-refractivity contribution in [2.45, 2.75) is 26.2 Å². The van der Waals surface area contributed by atoms with Crippen molar-refractivity contribution >= 4 is 22.9 Å². The number of hydrogen-bond acceptors (Lipinski definition) is 2. The van der Waals surface area contributed by atoms with Gasteiger partial charge in [-0.1, -0.05) is 19.1 Å². The van der Waals surface area contributed by atoms with E-state index >= 15 is 0 Å². The number of rotatable bonds is 2. The summed E-state index contributed by atoms with van der Waals surface area (Å²) < 4.78 is 28.2. The van der Waals surface area contributed by atoms with Gasteiger partial charge >= 0.3 is 0 Å². The van der Waals surface area contributed by atoms with Crippen molar-refractivity contribution in [1.29, 1.82) is 0 Å². The number of anilines is 1. The van der Waals surface area contributed by atoms with Crippen LogP contribution in [0.4, 0.5) is 14.5 Å². The highest BCUT2D eigenvalue weighted by Crippen LogP contribution is 2.28. The zero-order valence-corrected chi connectivity index (χ0v) is 11.8.